The highest BCUT2D eigenvalue weighted by atomic mass is 32.2. The predicted molar refractivity (Wildman–Crippen MR) is 124 cm³/mol. The number of ether oxygens (including phenoxy) is 2. The molecule has 0 atom stereocenters. The average Bonchev–Trinajstić information content (AvgIpc) is 3.41. The van der Waals surface area contributed by atoms with E-state index in [1.54, 1.807) is 30.0 Å². The molecule has 1 aliphatic heterocycles. The van der Waals surface area contributed by atoms with Crippen molar-refractivity contribution in [3.8, 4) is 22.8 Å². The Bertz CT molecular complexity index is 1250. The molecule has 0 unspecified atom stereocenters. The lowest BCUT2D eigenvalue weighted by atomic mass is 10.1. The van der Waals surface area contributed by atoms with Crippen LogP contribution in [0.1, 0.15) is 15.9 Å². The molecule has 4 aromatic rings. The van der Waals surface area contributed by atoms with Crippen LogP contribution in [-0.4, -0.2) is 30.0 Å². The summed E-state index contributed by atoms with van der Waals surface area (Å²) in [6.07, 6.45) is 0. The second-order valence-corrected chi connectivity index (χ2v) is 8.52. The Balaban J connectivity index is 1.29. The first kappa shape index (κ1) is 19.6. The van der Waals surface area contributed by atoms with Gasteiger partial charge in [0.1, 0.15) is 0 Å². The van der Waals surface area contributed by atoms with Gasteiger partial charge in [0, 0.05) is 33.7 Å². The van der Waals surface area contributed by atoms with Gasteiger partial charge in [0.05, 0.1) is 5.69 Å². The minimum atomic E-state index is -0.114. The van der Waals surface area contributed by atoms with Gasteiger partial charge in [-0.3, -0.25) is 4.79 Å². The van der Waals surface area contributed by atoms with E-state index >= 15 is 0 Å². The van der Waals surface area contributed by atoms with Gasteiger partial charge in [0.2, 0.25) is 6.79 Å². The Labute approximate surface area is 184 Å². The third kappa shape index (κ3) is 3.99. The van der Waals surface area contributed by atoms with Crippen LogP contribution < -0.4 is 14.8 Å². The molecule has 31 heavy (non-hydrogen) atoms. The maximum atomic E-state index is 12.5. The van der Waals surface area contributed by atoms with Gasteiger partial charge < -0.3 is 19.8 Å². The highest BCUT2D eigenvalue weighted by Crippen LogP contribution is 2.37. The fourth-order valence-corrected chi connectivity index (χ4v) is 4.70. The van der Waals surface area contributed by atoms with Crippen LogP contribution in [0.4, 0.5) is 0 Å². The number of thioether (sulfide) groups is 1. The van der Waals surface area contributed by atoms with Gasteiger partial charge in [-0.05, 0) is 36.8 Å². The highest BCUT2D eigenvalue weighted by molar-refractivity contribution is 7.99. The second-order valence-electron chi connectivity index (χ2n) is 7.41. The monoisotopic (exact) mass is 430 g/mol. The lowest BCUT2D eigenvalue weighted by molar-refractivity contribution is 0.0955. The van der Waals surface area contributed by atoms with E-state index in [-0.39, 0.29) is 12.7 Å². The summed E-state index contributed by atoms with van der Waals surface area (Å²) >= 11 is 1.75. The minimum Gasteiger partial charge on any atom is -0.454 e. The largest absolute Gasteiger partial charge is 0.454 e. The van der Waals surface area contributed by atoms with E-state index in [2.05, 4.69) is 59.7 Å². The number of amides is 1. The van der Waals surface area contributed by atoms with Gasteiger partial charge in [0.25, 0.3) is 5.91 Å². The summed E-state index contributed by atoms with van der Waals surface area (Å²) < 4.78 is 10.7. The fraction of sp³-hybridized carbons (Fsp3) is 0.160. The summed E-state index contributed by atoms with van der Waals surface area (Å²) in [6.45, 7) is 2.85. The highest BCUT2D eigenvalue weighted by Gasteiger charge is 2.17. The van der Waals surface area contributed by atoms with Gasteiger partial charge in [-0.1, -0.05) is 48.0 Å². The zero-order valence-corrected chi connectivity index (χ0v) is 17.9. The molecule has 2 N–H and O–H groups in total. The Morgan fingerprint density at radius 1 is 1.03 bits per heavy atom. The number of fused-ring (bicyclic) bond motifs is 2. The van der Waals surface area contributed by atoms with Gasteiger partial charge in [-0.2, -0.15) is 0 Å². The van der Waals surface area contributed by atoms with E-state index in [1.165, 1.54) is 15.8 Å². The minimum absolute atomic E-state index is 0.114. The van der Waals surface area contributed by atoms with Crippen LogP contribution in [0.15, 0.2) is 71.6 Å². The van der Waals surface area contributed by atoms with Crippen molar-refractivity contribution in [3.05, 3.63) is 77.9 Å². The number of rotatable bonds is 6. The molecule has 5 rings (SSSR count). The molecule has 0 saturated heterocycles. The molecule has 1 aromatic heterocycles. The molecule has 5 nitrogen and oxygen atoms in total. The van der Waals surface area contributed by atoms with Crippen molar-refractivity contribution >= 4 is 28.6 Å². The van der Waals surface area contributed by atoms with Gasteiger partial charge >= 0.3 is 0 Å². The Morgan fingerprint density at radius 3 is 2.71 bits per heavy atom. The Morgan fingerprint density at radius 2 is 1.84 bits per heavy atom. The standard InChI is InChI=1S/C25H22N2O3S/c1-16-6-8-17(9-7-16)23-24(19-4-2-3-5-20(19)27-23)31-13-12-26-25(28)18-10-11-21-22(14-18)30-15-29-21/h2-11,14,27H,12-13,15H2,1H3,(H,26,28). The smallest absolute Gasteiger partial charge is 0.251 e. The van der Waals surface area contributed by atoms with Gasteiger partial charge in [-0.25, -0.2) is 0 Å². The number of hydrogen-bond donors (Lipinski definition) is 2. The number of aromatic nitrogens is 1. The van der Waals surface area contributed by atoms with Crippen molar-refractivity contribution in [1.29, 1.82) is 0 Å². The summed E-state index contributed by atoms with van der Waals surface area (Å²) in [4.78, 5) is 17.3. The van der Waals surface area contributed by atoms with Crippen LogP contribution in [0.5, 0.6) is 11.5 Å². The van der Waals surface area contributed by atoms with Gasteiger partial charge in [-0.15, -0.1) is 11.8 Å². The number of para-hydroxylation sites is 1. The zero-order valence-electron chi connectivity index (χ0n) is 17.1. The molecule has 0 fully saturated rings. The summed E-state index contributed by atoms with van der Waals surface area (Å²) in [5.41, 5.74) is 5.20. The van der Waals surface area contributed by atoms with Crippen LogP contribution in [0, 0.1) is 6.92 Å². The zero-order chi connectivity index (χ0) is 21.2. The number of carbonyl (C=O) groups is 1. The number of H-pyrrole nitrogens is 1. The number of hydrogen-bond acceptors (Lipinski definition) is 4. The predicted octanol–water partition coefficient (Wildman–Crippen LogP) is 5.39. The van der Waals surface area contributed by atoms with Crippen LogP contribution in [0.2, 0.25) is 0 Å². The van der Waals surface area contributed by atoms with Crippen LogP contribution >= 0.6 is 11.8 Å². The van der Waals surface area contributed by atoms with Crippen LogP contribution in [0.25, 0.3) is 22.2 Å². The second kappa shape index (κ2) is 8.40. The van der Waals surface area contributed by atoms with Gasteiger partial charge in [0.15, 0.2) is 11.5 Å². The normalized spacial score (nSPS) is 12.3. The van der Waals surface area contributed by atoms with E-state index in [1.807, 2.05) is 6.07 Å². The van der Waals surface area contributed by atoms with Crippen molar-refractivity contribution in [2.45, 2.75) is 11.8 Å². The van der Waals surface area contributed by atoms with E-state index in [9.17, 15) is 4.79 Å². The molecule has 2 heterocycles. The first-order chi connectivity index (χ1) is 15.2. The third-order valence-corrected chi connectivity index (χ3v) is 6.39. The molecule has 0 saturated carbocycles. The molecule has 6 heteroatoms. The van der Waals surface area contributed by atoms with Crippen LogP contribution in [0.3, 0.4) is 0 Å². The molecule has 156 valence electrons. The quantitative estimate of drug-likeness (QED) is 0.318. The third-order valence-electron chi connectivity index (χ3n) is 5.27. The van der Waals surface area contributed by atoms with Crippen molar-refractivity contribution in [2.24, 2.45) is 0 Å². The molecule has 0 spiro atoms. The van der Waals surface area contributed by atoms with Crippen molar-refractivity contribution < 1.29 is 14.3 Å². The summed E-state index contributed by atoms with van der Waals surface area (Å²) in [5.74, 6) is 1.94. The number of carbonyl (C=O) groups excluding carboxylic acids is 1. The average molecular weight is 431 g/mol. The first-order valence-corrected chi connectivity index (χ1v) is 11.2. The van der Waals surface area contributed by atoms with E-state index in [0.29, 0.717) is 23.6 Å². The first-order valence-electron chi connectivity index (χ1n) is 10.2. The molecule has 1 aliphatic rings. The topological polar surface area (TPSA) is 63.4 Å². The maximum Gasteiger partial charge on any atom is 0.251 e. The molecule has 0 aliphatic carbocycles. The van der Waals surface area contributed by atoms with E-state index in [0.717, 1.165) is 22.5 Å². The van der Waals surface area contributed by atoms with Crippen molar-refractivity contribution in [3.63, 3.8) is 0 Å². The number of aryl methyl sites for hydroxylation is 1. The molecular formula is C25H22N2O3S. The Hall–Kier alpha value is -3.38. The molecule has 1 amide bonds. The SMILES string of the molecule is Cc1ccc(-c2[nH]c3ccccc3c2SCCNC(=O)c2ccc3c(c2)OCO3)cc1. The van der Waals surface area contributed by atoms with Crippen LogP contribution in [-0.2, 0) is 0 Å². The molecule has 0 radical (unpaired) electrons. The Kier molecular flexibility index (Phi) is 5.30. The molecule has 0 bridgehead atoms. The number of nitrogens with one attached hydrogen (secondary N) is 2. The van der Waals surface area contributed by atoms with E-state index in [4.69, 9.17) is 9.47 Å². The maximum absolute atomic E-state index is 12.5. The summed E-state index contributed by atoms with van der Waals surface area (Å²) in [6, 6.07) is 22.1. The lowest BCUT2D eigenvalue weighted by Crippen LogP contribution is -2.25. The number of aromatic amines is 1. The lowest BCUT2D eigenvalue weighted by Gasteiger charge is -2.08. The van der Waals surface area contributed by atoms with E-state index < -0.39 is 0 Å². The van der Waals surface area contributed by atoms with Crippen molar-refractivity contribution in [2.75, 3.05) is 19.1 Å². The summed E-state index contributed by atoms with van der Waals surface area (Å²) in [5, 5.41) is 4.20. The van der Waals surface area contributed by atoms with Crippen molar-refractivity contribution in [1.82, 2.24) is 10.3 Å². The number of benzene rings is 3. The molecular weight excluding hydrogens is 408 g/mol. The fourth-order valence-electron chi connectivity index (χ4n) is 3.65. The summed E-state index contributed by atoms with van der Waals surface area (Å²) in [7, 11) is 0. The molecule has 3 aromatic carbocycles.